The molecular weight excluding hydrogens is 430 g/mol. The standard InChI is InChI=1S/C27H39N3O4/c31-26(14-20-6-4-5-7-20)30-17-22-15-29(16-23(22)18-30)12-10-25(21-8-2-1-3-9-21)28-27(32)34-24-11-13-33-19-24/h1-3,8-9,20,22-25H,4-7,10-19H2,(H,28,32)/t22-,23?,24?,25?/m0/s1. The van der Waals surface area contributed by atoms with Crippen LogP contribution in [-0.2, 0) is 14.3 Å². The summed E-state index contributed by atoms with van der Waals surface area (Å²) >= 11 is 0. The molecule has 3 unspecified atom stereocenters. The predicted molar refractivity (Wildman–Crippen MR) is 129 cm³/mol. The quantitative estimate of drug-likeness (QED) is 0.630. The minimum absolute atomic E-state index is 0.0825. The van der Waals surface area contributed by atoms with Gasteiger partial charge in [-0.25, -0.2) is 4.79 Å². The number of likely N-dealkylation sites (tertiary alicyclic amines) is 2. The third kappa shape index (κ3) is 5.92. The zero-order chi connectivity index (χ0) is 23.3. The molecule has 5 rings (SSSR count). The van der Waals surface area contributed by atoms with Gasteiger partial charge in [-0.3, -0.25) is 4.79 Å². The van der Waals surface area contributed by atoms with E-state index in [9.17, 15) is 9.59 Å². The fourth-order valence-electron chi connectivity index (χ4n) is 6.32. The first-order valence-electron chi connectivity index (χ1n) is 13.2. The molecule has 0 aromatic heterocycles. The molecule has 7 heteroatoms. The molecule has 1 aromatic rings. The SMILES string of the molecule is O=C(NC(CCN1CC2CN(C(=O)CC3CCCC3)C[C@@H]2C1)c1ccccc1)OC1CCOC1. The lowest BCUT2D eigenvalue weighted by Crippen LogP contribution is -2.36. The largest absolute Gasteiger partial charge is 0.444 e. The van der Waals surface area contributed by atoms with E-state index >= 15 is 0 Å². The van der Waals surface area contributed by atoms with Crippen molar-refractivity contribution in [2.24, 2.45) is 17.8 Å². The van der Waals surface area contributed by atoms with E-state index < -0.39 is 0 Å². The van der Waals surface area contributed by atoms with Gasteiger partial charge in [0.05, 0.1) is 19.3 Å². The maximum absolute atomic E-state index is 12.8. The molecule has 4 aliphatic rings. The van der Waals surface area contributed by atoms with Crippen LogP contribution >= 0.6 is 0 Å². The van der Waals surface area contributed by atoms with Gasteiger partial charge in [0.25, 0.3) is 0 Å². The first-order valence-corrected chi connectivity index (χ1v) is 13.2. The Labute approximate surface area is 203 Å². The van der Waals surface area contributed by atoms with Crippen LogP contribution in [0.25, 0.3) is 0 Å². The molecule has 4 atom stereocenters. The van der Waals surface area contributed by atoms with Crippen molar-refractivity contribution < 1.29 is 19.1 Å². The van der Waals surface area contributed by atoms with Crippen LogP contribution in [0.5, 0.6) is 0 Å². The number of amides is 2. The van der Waals surface area contributed by atoms with E-state index in [0.717, 1.165) is 57.5 Å². The van der Waals surface area contributed by atoms with Gasteiger partial charge in [0.2, 0.25) is 5.91 Å². The molecule has 0 radical (unpaired) electrons. The van der Waals surface area contributed by atoms with Crippen LogP contribution < -0.4 is 5.32 Å². The summed E-state index contributed by atoms with van der Waals surface area (Å²) in [6.45, 7) is 5.99. The van der Waals surface area contributed by atoms with Crippen LogP contribution in [0, 0.1) is 17.8 Å². The van der Waals surface area contributed by atoms with Crippen LogP contribution in [0.3, 0.4) is 0 Å². The number of ether oxygens (including phenoxy) is 2. The Balaban J connectivity index is 1.10. The van der Waals surface area contributed by atoms with Gasteiger partial charge in [-0.05, 0) is 42.6 Å². The van der Waals surface area contributed by atoms with Crippen molar-refractivity contribution in [2.45, 2.75) is 57.1 Å². The molecule has 34 heavy (non-hydrogen) atoms. The van der Waals surface area contributed by atoms with Gasteiger partial charge in [0.1, 0.15) is 6.10 Å². The van der Waals surface area contributed by atoms with Crippen molar-refractivity contribution in [2.75, 3.05) is 45.9 Å². The van der Waals surface area contributed by atoms with Gasteiger partial charge in [-0.1, -0.05) is 43.2 Å². The third-order valence-corrected chi connectivity index (χ3v) is 8.24. The molecule has 3 heterocycles. The minimum atomic E-state index is -0.362. The summed E-state index contributed by atoms with van der Waals surface area (Å²) < 4.78 is 10.9. The molecule has 1 N–H and O–H groups in total. The molecule has 4 fully saturated rings. The number of alkyl carbamates (subject to hydrolysis) is 1. The first kappa shape index (κ1) is 23.6. The van der Waals surface area contributed by atoms with Crippen LogP contribution in [0.2, 0.25) is 0 Å². The molecule has 0 bridgehead atoms. The average Bonchev–Trinajstić information content (AvgIpc) is 3.62. The van der Waals surface area contributed by atoms with Crippen molar-refractivity contribution in [1.82, 2.24) is 15.1 Å². The smallest absolute Gasteiger partial charge is 0.407 e. The average molecular weight is 470 g/mol. The van der Waals surface area contributed by atoms with Crippen LogP contribution in [-0.4, -0.2) is 73.8 Å². The Morgan fingerprint density at radius 2 is 1.76 bits per heavy atom. The fraction of sp³-hybridized carbons (Fsp3) is 0.704. The molecule has 1 aromatic carbocycles. The number of hydrogen-bond donors (Lipinski definition) is 1. The van der Waals surface area contributed by atoms with E-state index in [1.807, 2.05) is 18.2 Å². The lowest BCUT2D eigenvalue weighted by Gasteiger charge is -2.25. The van der Waals surface area contributed by atoms with Crippen molar-refractivity contribution in [3.63, 3.8) is 0 Å². The van der Waals surface area contributed by atoms with Gasteiger partial charge >= 0.3 is 6.09 Å². The summed E-state index contributed by atoms with van der Waals surface area (Å²) in [6.07, 6.45) is 6.92. The molecular formula is C27H39N3O4. The number of benzene rings is 1. The van der Waals surface area contributed by atoms with Crippen molar-refractivity contribution in [3.8, 4) is 0 Å². The number of carbonyl (C=O) groups is 2. The highest BCUT2D eigenvalue weighted by Crippen LogP contribution is 2.34. The molecule has 2 amide bonds. The van der Waals surface area contributed by atoms with Crippen molar-refractivity contribution >= 4 is 12.0 Å². The highest BCUT2D eigenvalue weighted by atomic mass is 16.6. The van der Waals surface area contributed by atoms with Gasteiger partial charge in [0.15, 0.2) is 0 Å². The monoisotopic (exact) mass is 469 g/mol. The normalized spacial score (nSPS) is 28.2. The second kappa shape index (κ2) is 11.1. The summed E-state index contributed by atoms with van der Waals surface area (Å²) in [4.78, 5) is 29.9. The highest BCUT2D eigenvalue weighted by Gasteiger charge is 2.41. The maximum Gasteiger partial charge on any atom is 0.407 e. The molecule has 1 aliphatic carbocycles. The Bertz CT molecular complexity index is 808. The van der Waals surface area contributed by atoms with Crippen LogP contribution in [0.1, 0.15) is 56.6 Å². The lowest BCUT2D eigenvalue weighted by molar-refractivity contribution is -0.131. The number of carbonyl (C=O) groups excluding carboxylic acids is 2. The molecule has 186 valence electrons. The fourth-order valence-corrected chi connectivity index (χ4v) is 6.32. The molecule has 3 saturated heterocycles. The Morgan fingerprint density at radius 1 is 1.03 bits per heavy atom. The van der Waals surface area contributed by atoms with Crippen LogP contribution in [0.4, 0.5) is 4.79 Å². The number of nitrogens with one attached hydrogen (secondary N) is 1. The van der Waals surface area contributed by atoms with Crippen LogP contribution in [0.15, 0.2) is 30.3 Å². The molecule has 1 saturated carbocycles. The van der Waals surface area contributed by atoms with Crippen molar-refractivity contribution in [3.05, 3.63) is 35.9 Å². The zero-order valence-electron chi connectivity index (χ0n) is 20.2. The number of nitrogens with zero attached hydrogens (tertiary/aromatic N) is 2. The second-order valence-electron chi connectivity index (χ2n) is 10.7. The van der Waals surface area contributed by atoms with E-state index in [0.29, 0.717) is 36.9 Å². The third-order valence-electron chi connectivity index (χ3n) is 8.24. The first-order chi connectivity index (χ1) is 16.6. The highest BCUT2D eigenvalue weighted by molar-refractivity contribution is 5.76. The summed E-state index contributed by atoms with van der Waals surface area (Å²) in [5.74, 6) is 2.18. The Hall–Kier alpha value is -2.12. The predicted octanol–water partition coefficient (Wildman–Crippen LogP) is 3.60. The van der Waals surface area contributed by atoms with Gasteiger partial charge in [-0.15, -0.1) is 0 Å². The number of hydrogen-bond acceptors (Lipinski definition) is 5. The topological polar surface area (TPSA) is 71.1 Å². The summed E-state index contributed by atoms with van der Waals surface area (Å²) in [5.41, 5.74) is 1.10. The van der Waals surface area contributed by atoms with Gasteiger partial charge in [-0.2, -0.15) is 0 Å². The number of rotatable bonds is 8. The zero-order valence-corrected chi connectivity index (χ0v) is 20.2. The number of fused-ring (bicyclic) bond motifs is 1. The van der Waals surface area contributed by atoms with Gasteiger partial charge < -0.3 is 24.6 Å². The molecule has 0 spiro atoms. The summed E-state index contributed by atoms with van der Waals surface area (Å²) in [5, 5.41) is 3.09. The minimum Gasteiger partial charge on any atom is -0.444 e. The second-order valence-corrected chi connectivity index (χ2v) is 10.7. The summed E-state index contributed by atoms with van der Waals surface area (Å²) in [7, 11) is 0. The van der Waals surface area contributed by atoms with E-state index in [2.05, 4.69) is 27.2 Å². The van der Waals surface area contributed by atoms with E-state index in [4.69, 9.17) is 9.47 Å². The molecule has 7 nitrogen and oxygen atoms in total. The van der Waals surface area contributed by atoms with E-state index in [1.54, 1.807) is 0 Å². The van der Waals surface area contributed by atoms with E-state index in [1.165, 1.54) is 25.7 Å². The summed E-state index contributed by atoms with van der Waals surface area (Å²) in [6, 6.07) is 10.1. The Kier molecular flexibility index (Phi) is 7.70. The lowest BCUT2D eigenvalue weighted by atomic mass is 10.0. The van der Waals surface area contributed by atoms with E-state index in [-0.39, 0.29) is 18.2 Å². The van der Waals surface area contributed by atoms with Gasteiger partial charge in [0, 0.05) is 45.6 Å². The maximum atomic E-state index is 12.8. The molecule has 3 aliphatic heterocycles. The van der Waals surface area contributed by atoms with Crippen molar-refractivity contribution in [1.29, 1.82) is 0 Å². The Morgan fingerprint density at radius 3 is 2.44 bits per heavy atom.